The molecule has 21 heavy (non-hydrogen) atoms. The van der Waals surface area contributed by atoms with Gasteiger partial charge in [-0.05, 0) is 6.07 Å². The van der Waals surface area contributed by atoms with E-state index in [1.54, 1.807) is 49.6 Å². The number of rotatable bonds is 4. The zero-order chi connectivity index (χ0) is 14.8. The Labute approximate surface area is 122 Å². The molecular formula is C17H14O4. The average molecular weight is 282 g/mol. The summed E-state index contributed by atoms with van der Waals surface area (Å²) in [7, 11) is 1.58. The van der Waals surface area contributed by atoms with E-state index in [0.29, 0.717) is 41.2 Å². The molecule has 106 valence electrons. The molecule has 0 amide bonds. The molecule has 0 N–H and O–H groups in total. The third-order valence-corrected chi connectivity index (χ3v) is 3.46. The SMILES string of the molecule is COCCOc1cccc2c1C(=O)c1ccccc1C2=O. The summed E-state index contributed by atoms with van der Waals surface area (Å²) in [5, 5.41) is 0. The first-order valence-corrected chi connectivity index (χ1v) is 6.67. The largest absolute Gasteiger partial charge is 0.490 e. The van der Waals surface area contributed by atoms with E-state index in [1.165, 1.54) is 0 Å². The van der Waals surface area contributed by atoms with Gasteiger partial charge in [0.15, 0.2) is 11.6 Å². The van der Waals surface area contributed by atoms with E-state index in [0.717, 1.165) is 0 Å². The van der Waals surface area contributed by atoms with Gasteiger partial charge in [-0.25, -0.2) is 0 Å². The van der Waals surface area contributed by atoms with Crippen molar-refractivity contribution in [2.45, 2.75) is 0 Å². The van der Waals surface area contributed by atoms with Crippen molar-refractivity contribution in [3.05, 3.63) is 64.7 Å². The van der Waals surface area contributed by atoms with Crippen LogP contribution in [0.3, 0.4) is 0 Å². The van der Waals surface area contributed by atoms with Crippen molar-refractivity contribution in [3.63, 3.8) is 0 Å². The Balaban J connectivity index is 2.08. The van der Waals surface area contributed by atoms with Gasteiger partial charge >= 0.3 is 0 Å². The minimum Gasteiger partial charge on any atom is -0.490 e. The molecule has 0 bridgehead atoms. The van der Waals surface area contributed by atoms with Crippen molar-refractivity contribution < 1.29 is 19.1 Å². The highest BCUT2D eigenvalue weighted by molar-refractivity contribution is 6.29. The fourth-order valence-electron chi connectivity index (χ4n) is 2.47. The second-order valence-corrected chi connectivity index (χ2v) is 4.72. The maximum Gasteiger partial charge on any atom is 0.198 e. The lowest BCUT2D eigenvalue weighted by atomic mass is 9.83. The molecule has 0 fully saturated rings. The van der Waals surface area contributed by atoms with E-state index in [9.17, 15) is 9.59 Å². The van der Waals surface area contributed by atoms with Gasteiger partial charge in [-0.15, -0.1) is 0 Å². The number of ketones is 2. The first kappa shape index (κ1) is 13.5. The molecule has 1 aliphatic carbocycles. The lowest BCUT2D eigenvalue weighted by molar-refractivity contribution is 0.0972. The Hall–Kier alpha value is -2.46. The van der Waals surface area contributed by atoms with Crippen molar-refractivity contribution in [2.24, 2.45) is 0 Å². The van der Waals surface area contributed by atoms with Crippen LogP contribution in [0.1, 0.15) is 31.8 Å². The Kier molecular flexibility index (Phi) is 3.54. The average Bonchev–Trinajstić information content (AvgIpc) is 2.53. The summed E-state index contributed by atoms with van der Waals surface area (Å²) in [6.07, 6.45) is 0. The van der Waals surface area contributed by atoms with Crippen molar-refractivity contribution in [3.8, 4) is 5.75 Å². The number of carbonyl (C=O) groups excluding carboxylic acids is 2. The van der Waals surface area contributed by atoms with Crippen LogP contribution < -0.4 is 4.74 Å². The van der Waals surface area contributed by atoms with Gasteiger partial charge in [0.1, 0.15) is 12.4 Å². The highest BCUT2D eigenvalue weighted by Crippen LogP contribution is 2.33. The lowest BCUT2D eigenvalue weighted by Gasteiger charge is -2.20. The molecule has 0 aliphatic heterocycles. The lowest BCUT2D eigenvalue weighted by Crippen LogP contribution is -2.22. The van der Waals surface area contributed by atoms with Crippen LogP contribution in [-0.4, -0.2) is 31.9 Å². The molecule has 0 radical (unpaired) electrons. The molecule has 3 rings (SSSR count). The van der Waals surface area contributed by atoms with Crippen LogP contribution in [-0.2, 0) is 4.74 Å². The number of methoxy groups -OCH3 is 1. The highest BCUT2D eigenvalue weighted by Gasteiger charge is 2.31. The molecule has 0 saturated heterocycles. The summed E-state index contributed by atoms with van der Waals surface area (Å²) >= 11 is 0. The maximum absolute atomic E-state index is 12.6. The van der Waals surface area contributed by atoms with E-state index < -0.39 is 0 Å². The molecule has 0 saturated carbocycles. The summed E-state index contributed by atoms with van der Waals surface area (Å²) < 4.78 is 10.5. The van der Waals surface area contributed by atoms with E-state index in [1.807, 2.05) is 0 Å². The van der Waals surface area contributed by atoms with Crippen LogP contribution in [0.2, 0.25) is 0 Å². The Morgan fingerprint density at radius 1 is 0.810 bits per heavy atom. The predicted octanol–water partition coefficient (Wildman–Crippen LogP) is 2.49. The first-order valence-electron chi connectivity index (χ1n) is 6.67. The third-order valence-electron chi connectivity index (χ3n) is 3.46. The summed E-state index contributed by atoms with van der Waals surface area (Å²) in [6, 6.07) is 11.9. The number of hydrogen-bond acceptors (Lipinski definition) is 4. The molecule has 4 nitrogen and oxygen atoms in total. The molecule has 0 atom stereocenters. The van der Waals surface area contributed by atoms with E-state index in [-0.39, 0.29) is 11.6 Å². The van der Waals surface area contributed by atoms with Crippen LogP contribution in [0, 0.1) is 0 Å². The summed E-state index contributed by atoms with van der Waals surface area (Å²) in [4.78, 5) is 25.1. The molecule has 2 aromatic carbocycles. The van der Waals surface area contributed by atoms with E-state index in [4.69, 9.17) is 9.47 Å². The van der Waals surface area contributed by atoms with Crippen molar-refractivity contribution in [1.82, 2.24) is 0 Å². The second kappa shape index (κ2) is 5.50. The Morgan fingerprint density at radius 3 is 2.19 bits per heavy atom. The van der Waals surface area contributed by atoms with Gasteiger partial charge in [-0.3, -0.25) is 9.59 Å². The zero-order valence-electron chi connectivity index (χ0n) is 11.6. The molecule has 1 aliphatic rings. The fourth-order valence-corrected chi connectivity index (χ4v) is 2.47. The zero-order valence-corrected chi connectivity index (χ0v) is 11.6. The molecular weight excluding hydrogens is 268 g/mol. The summed E-state index contributed by atoms with van der Waals surface area (Å²) in [5.41, 5.74) is 1.62. The monoisotopic (exact) mass is 282 g/mol. The van der Waals surface area contributed by atoms with Crippen molar-refractivity contribution in [1.29, 1.82) is 0 Å². The van der Waals surface area contributed by atoms with Crippen LogP contribution >= 0.6 is 0 Å². The quantitative estimate of drug-likeness (QED) is 0.690. The topological polar surface area (TPSA) is 52.6 Å². The van der Waals surface area contributed by atoms with Gasteiger partial charge in [0.05, 0.1) is 12.2 Å². The van der Waals surface area contributed by atoms with Gasteiger partial charge in [0.2, 0.25) is 0 Å². The molecule has 0 unspecified atom stereocenters. The van der Waals surface area contributed by atoms with Gasteiger partial charge in [0, 0.05) is 23.8 Å². The standard InChI is InChI=1S/C17H14O4/c1-20-9-10-21-14-8-4-7-13-15(14)17(19)12-6-3-2-5-11(12)16(13)18/h2-8H,9-10H2,1H3. The second-order valence-electron chi connectivity index (χ2n) is 4.72. The van der Waals surface area contributed by atoms with Gasteiger partial charge in [-0.1, -0.05) is 36.4 Å². The fraction of sp³-hybridized carbons (Fsp3) is 0.176. The molecule has 4 heteroatoms. The number of fused-ring (bicyclic) bond motifs is 2. The van der Waals surface area contributed by atoms with Crippen molar-refractivity contribution in [2.75, 3.05) is 20.3 Å². The number of ether oxygens (including phenoxy) is 2. The maximum atomic E-state index is 12.6. The van der Waals surface area contributed by atoms with Crippen LogP contribution in [0.25, 0.3) is 0 Å². The van der Waals surface area contributed by atoms with E-state index >= 15 is 0 Å². The smallest absolute Gasteiger partial charge is 0.198 e. The Morgan fingerprint density at radius 2 is 1.48 bits per heavy atom. The summed E-state index contributed by atoms with van der Waals surface area (Å²) in [6.45, 7) is 0.748. The third kappa shape index (κ3) is 2.23. The molecule has 0 spiro atoms. The minimum atomic E-state index is -0.173. The predicted molar refractivity (Wildman–Crippen MR) is 77.1 cm³/mol. The van der Waals surface area contributed by atoms with Crippen LogP contribution in [0.5, 0.6) is 5.75 Å². The van der Waals surface area contributed by atoms with E-state index in [2.05, 4.69) is 0 Å². The first-order chi connectivity index (χ1) is 10.2. The molecule has 0 heterocycles. The van der Waals surface area contributed by atoms with Gasteiger partial charge < -0.3 is 9.47 Å². The number of benzene rings is 2. The highest BCUT2D eigenvalue weighted by atomic mass is 16.5. The van der Waals surface area contributed by atoms with Crippen molar-refractivity contribution >= 4 is 11.6 Å². The van der Waals surface area contributed by atoms with Crippen LogP contribution in [0.15, 0.2) is 42.5 Å². The number of carbonyl (C=O) groups is 2. The minimum absolute atomic E-state index is 0.141. The van der Waals surface area contributed by atoms with Gasteiger partial charge in [0.25, 0.3) is 0 Å². The summed E-state index contributed by atoms with van der Waals surface area (Å²) in [5.74, 6) is 0.114. The van der Waals surface area contributed by atoms with Gasteiger partial charge in [-0.2, -0.15) is 0 Å². The normalized spacial score (nSPS) is 12.8. The molecule has 0 aromatic heterocycles. The number of hydrogen-bond donors (Lipinski definition) is 0. The van der Waals surface area contributed by atoms with Crippen LogP contribution in [0.4, 0.5) is 0 Å². The molecule has 2 aromatic rings. The Bertz CT molecular complexity index is 718.